The normalized spacial score (nSPS) is 19.2. The lowest BCUT2D eigenvalue weighted by molar-refractivity contribution is -0.151. The van der Waals surface area contributed by atoms with Crippen molar-refractivity contribution >= 4 is 47.4 Å². The third-order valence-corrected chi connectivity index (χ3v) is 8.89. The summed E-state index contributed by atoms with van der Waals surface area (Å²) in [6.07, 6.45) is -1.97. The Balaban J connectivity index is 3.20. The van der Waals surface area contributed by atoms with Crippen molar-refractivity contribution < 1.29 is 63.9 Å². The van der Waals surface area contributed by atoms with Crippen LogP contribution < -0.4 is 38.1 Å². The molecule has 0 aromatic carbocycles. The van der Waals surface area contributed by atoms with Crippen LogP contribution in [0.5, 0.6) is 0 Å². The van der Waals surface area contributed by atoms with Crippen LogP contribution in [0, 0.1) is 5.92 Å². The van der Waals surface area contributed by atoms with Crippen molar-refractivity contribution in [1.82, 2.24) is 31.5 Å². The molecule has 1 saturated heterocycles. The second-order valence-electron chi connectivity index (χ2n) is 13.1. The molecule has 14 N–H and O–H groups in total. The van der Waals surface area contributed by atoms with E-state index in [2.05, 4.69) is 26.6 Å². The molecule has 0 spiro atoms. The van der Waals surface area contributed by atoms with E-state index in [1.165, 1.54) is 6.92 Å². The Morgan fingerprint density at radius 2 is 1.30 bits per heavy atom. The van der Waals surface area contributed by atoms with Gasteiger partial charge < -0.3 is 68.5 Å². The number of aliphatic hydroxyl groups is 3. The number of carbonyl (C=O) groups excluding carboxylic acids is 6. The standard InChI is InChI=1S/C32H56N8O13/c1-5-15(2)24(38-26(46)18(9-6-7-11-33)35-29(49)23(34)16(3)42)30(50)36-19(13-22(44)45)27(47)37-20(14-41)28(48)39-25(17(4)43)31(51)40-12-8-10-21(40)32(52)53/h15-21,23-25,41-43H,5-14,33-34H2,1-4H3,(H,35,49)(H,36,50)(H,37,47)(H,38,46)(H,39,48)(H,44,45)(H,52,53)/t15-,16+,17+,18-,19-,20-,21-,23-,24-,25-/m0/s1. The van der Waals surface area contributed by atoms with Gasteiger partial charge in [0.2, 0.25) is 35.4 Å². The highest BCUT2D eigenvalue weighted by Crippen LogP contribution is 2.19. The number of carboxylic acids is 2. The van der Waals surface area contributed by atoms with Gasteiger partial charge in [0.1, 0.15) is 42.3 Å². The topological polar surface area (TPSA) is 353 Å². The molecular weight excluding hydrogens is 704 g/mol. The molecule has 1 heterocycles. The van der Waals surface area contributed by atoms with Crippen molar-refractivity contribution in [3.8, 4) is 0 Å². The highest BCUT2D eigenvalue weighted by Gasteiger charge is 2.40. The van der Waals surface area contributed by atoms with E-state index >= 15 is 0 Å². The molecule has 53 heavy (non-hydrogen) atoms. The fraction of sp³-hybridized carbons (Fsp3) is 0.750. The first-order chi connectivity index (χ1) is 24.8. The van der Waals surface area contributed by atoms with Crippen LogP contribution in [0.4, 0.5) is 0 Å². The third kappa shape index (κ3) is 14.5. The van der Waals surface area contributed by atoms with Gasteiger partial charge in [-0.15, -0.1) is 0 Å². The Hall–Kier alpha value is -4.44. The molecule has 1 rings (SSSR count). The van der Waals surface area contributed by atoms with Crippen LogP contribution in [0.1, 0.15) is 72.6 Å². The zero-order chi connectivity index (χ0) is 40.6. The zero-order valence-corrected chi connectivity index (χ0v) is 30.4. The maximum absolute atomic E-state index is 13.6. The van der Waals surface area contributed by atoms with E-state index in [1.54, 1.807) is 13.8 Å². The lowest BCUT2D eigenvalue weighted by Crippen LogP contribution is -2.62. The summed E-state index contributed by atoms with van der Waals surface area (Å²) in [7, 11) is 0. The van der Waals surface area contributed by atoms with E-state index in [9.17, 15) is 63.9 Å². The Kier molecular flexibility index (Phi) is 19.9. The molecule has 0 aromatic heterocycles. The second-order valence-corrected chi connectivity index (χ2v) is 13.1. The average molecular weight is 761 g/mol. The number of hydrogen-bond acceptors (Lipinski definition) is 13. The SMILES string of the molecule is CC[C@H](C)[C@H](NC(=O)[C@H](CCCCN)NC(=O)[C@@H](N)[C@@H](C)O)C(=O)N[C@@H](CC(=O)O)C(=O)N[C@@H](CO)C(=O)N[C@H](C(=O)N1CCC[C@H]1C(=O)O)[C@@H](C)O. The predicted molar refractivity (Wildman–Crippen MR) is 185 cm³/mol. The number of hydrogen-bond donors (Lipinski definition) is 12. The Bertz CT molecular complexity index is 1300. The predicted octanol–water partition coefficient (Wildman–Crippen LogP) is -4.78. The fourth-order valence-electron chi connectivity index (χ4n) is 5.42. The Labute approximate surface area is 306 Å². The largest absolute Gasteiger partial charge is 0.481 e. The molecule has 0 radical (unpaired) electrons. The summed E-state index contributed by atoms with van der Waals surface area (Å²) in [5.41, 5.74) is 11.3. The van der Waals surface area contributed by atoms with Crippen molar-refractivity contribution in [3.05, 3.63) is 0 Å². The van der Waals surface area contributed by atoms with E-state index in [0.717, 1.165) is 11.8 Å². The highest BCUT2D eigenvalue weighted by atomic mass is 16.4. The number of rotatable bonds is 23. The van der Waals surface area contributed by atoms with Gasteiger partial charge in [0, 0.05) is 6.54 Å². The molecule has 0 bridgehead atoms. The summed E-state index contributed by atoms with van der Waals surface area (Å²) in [4.78, 5) is 103. The van der Waals surface area contributed by atoms with Gasteiger partial charge in [-0.3, -0.25) is 33.6 Å². The number of carbonyl (C=O) groups is 8. The van der Waals surface area contributed by atoms with Crippen molar-refractivity contribution in [2.45, 2.75) is 127 Å². The Morgan fingerprint density at radius 1 is 0.755 bits per heavy atom. The van der Waals surface area contributed by atoms with E-state index < -0.39 is 121 Å². The molecule has 1 aliphatic heterocycles. The van der Waals surface area contributed by atoms with Crippen molar-refractivity contribution in [2.75, 3.05) is 19.7 Å². The minimum Gasteiger partial charge on any atom is -0.481 e. The minimum atomic E-state index is -1.86. The van der Waals surface area contributed by atoms with Crippen molar-refractivity contribution in [2.24, 2.45) is 17.4 Å². The molecule has 0 aromatic rings. The van der Waals surface area contributed by atoms with Gasteiger partial charge in [-0.2, -0.15) is 0 Å². The number of aliphatic carboxylic acids is 2. The highest BCUT2D eigenvalue weighted by molar-refractivity contribution is 5.98. The molecule has 6 amide bonds. The molecule has 21 heteroatoms. The molecule has 0 saturated carbocycles. The van der Waals surface area contributed by atoms with Crippen LogP contribution in [-0.2, 0) is 38.4 Å². The summed E-state index contributed by atoms with van der Waals surface area (Å²) in [5, 5.41) is 60.4. The molecule has 10 atom stereocenters. The first-order valence-corrected chi connectivity index (χ1v) is 17.5. The van der Waals surface area contributed by atoms with Gasteiger partial charge in [0.15, 0.2) is 0 Å². The van der Waals surface area contributed by atoms with Crippen LogP contribution in [0.25, 0.3) is 0 Å². The van der Waals surface area contributed by atoms with Gasteiger partial charge in [0.05, 0.1) is 25.2 Å². The van der Waals surface area contributed by atoms with Gasteiger partial charge in [-0.1, -0.05) is 20.3 Å². The summed E-state index contributed by atoms with van der Waals surface area (Å²) < 4.78 is 0. The quantitative estimate of drug-likeness (QED) is 0.0435. The van der Waals surface area contributed by atoms with Gasteiger partial charge >= 0.3 is 11.9 Å². The maximum atomic E-state index is 13.6. The van der Waals surface area contributed by atoms with E-state index in [0.29, 0.717) is 32.2 Å². The van der Waals surface area contributed by atoms with E-state index in [1.807, 2.05) is 0 Å². The summed E-state index contributed by atoms with van der Waals surface area (Å²) in [6, 6.07) is -10.5. The summed E-state index contributed by atoms with van der Waals surface area (Å²) in [6.45, 7) is 5.00. The second kappa shape index (κ2) is 22.6. The van der Waals surface area contributed by atoms with E-state index in [4.69, 9.17) is 11.5 Å². The van der Waals surface area contributed by atoms with Crippen LogP contribution in [0.15, 0.2) is 0 Å². The van der Waals surface area contributed by atoms with Crippen molar-refractivity contribution in [1.29, 1.82) is 0 Å². The molecule has 0 aliphatic carbocycles. The molecule has 1 aliphatic rings. The first-order valence-electron chi connectivity index (χ1n) is 17.5. The summed E-state index contributed by atoms with van der Waals surface area (Å²) in [5.74, 6) is -9.40. The third-order valence-electron chi connectivity index (χ3n) is 8.89. The summed E-state index contributed by atoms with van der Waals surface area (Å²) >= 11 is 0. The number of unbranched alkanes of at least 4 members (excludes halogenated alkanes) is 1. The molecule has 1 fully saturated rings. The number of likely N-dealkylation sites (tertiary alicyclic amines) is 1. The monoisotopic (exact) mass is 760 g/mol. The van der Waals surface area contributed by atoms with Gasteiger partial charge in [-0.25, -0.2) is 4.79 Å². The lowest BCUT2D eigenvalue weighted by Gasteiger charge is -2.30. The average Bonchev–Trinajstić information content (AvgIpc) is 3.60. The number of nitrogens with zero attached hydrogens (tertiary/aromatic N) is 1. The van der Waals surface area contributed by atoms with Crippen LogP contribution in [0.2, 0.25) is 0 Å². The van der Waals surface area contributed by atoms with E-state index in [-0.39, 0.29) is 19.4 Å². The number of aliphatic hydroxyl groups excluding tert-OH is 3. The van der Waals surface area contributed by atoms with Gasteiger partial charge in [-0.05, 0) is 58.4 Å². The van der Waals surface area contributed by atoms with Crippen LogP contribution in [0.3, 0.4) is 0 Å². The van der Waals surface area contributed by atoms with Crippen LogP contribution >= 0.6 is 0 Å². The number of amides is 6. The lowest BCUT2D eigenvalue weighted by atomic mass is 9.96. The minimum absolute atomic E-state index is 0.0461. The van der Waals surface area contributed by atoms with Crippen molar-refractivity contribution in [3.63, 3.8) is 0 Å². The van der Waals surface area contributed by atoms with Crippen LogP contribution in [-0.4, -0.2) is 152 Å². The number of nitrogens with one attached hydrogen (secondary N) is 5. The van der Waals surface area contributed by atoms with Gasteiger partial charge in [0.25, 0.3) is 0 Å². The molecular formula is C32H56N8O13. The number of carboxylic acid groups (broad SMARTS) is 2. The smallest absolute Gasteiger partial charge is 0.326 e. The molecule has 21 nitrogen and oxygen atoms in total. The molecule has 302 valence electrons. The maximum Gasteiger partial charge on any atom is 0.326 e. The number of nitrogens with two attached hydrogens (primary N) is 2. The molecule has 0 unspecified atom stereocenters. The fourth-order valence-corrected chi connectivity index (χ4v) is 5.42. The Morgan fingerprint density at radius 3 is 1.81 bits per heavy atom. The first kappa shape index (κ1) is 46.6. The zero-order valence-electron chi connectivity index (χ0n) is 30.4.